The third-order valence-corrected chi connectivity index (χ3v) is 4.24. The number of carbonyl (C=O) groups excluding carboxylic acids is 1. The van der Waals surface area contributed by atoms with Gasteiger partial charge in [-0.1, -0.05) is 12.8 Å². The Kier molecular flexibility index (Phi) is 7.51. The number of nitrogens with zero attached hydrogens (tertiary/aromatic N) is 2. The number of hydrogen-bond donors (Lipinski definition) is 3. The molecule has 1 aliphatic heterocycles. The Morgan fingerprint density at radius 1 is 1.36 bits per heavy atom. The van der Waals surface area contributed by atoms with E-state index in [1.165, 1.54) is 32.8 Å². The first-order chi connectivity index (χ1) is 12.1. The van der Waals surface area contributed by atoms with Gasteiger partial charge < -0.3 is 25.4 Å². The van der Waals surface area contributed by atoms with Crippen LogP contribution in [0.15, 0.2) is 18.2 Å². The molecule has 2 amide bonds. The average Bonchev–Trinajstić information content (AvgIpc) is 2.88. The maximum absolute atomic E-state index is 12.0. The van der Waals surface area contributed by atoms with Crippen LogP contribution >= 0.6 is 0 Å². The number of benzene rings is 1. The van der Waals surface area contributed by atoms with E-state index in [0.717, 1.165) is 13.1 Å². The summed E-state index contributed by atoms with van der Waals surface area (Å²) in [6.45, 7) is 2.77. The Labute approximate surface area is 148 Å². The average molecular weight is 346 g/mol. The van der Waals surface area contributed by atoms with E-state index in [1.54, 1.807) is 18.2 Å². The minimum absolute atomic E-state index is 0.184. The maximum Gasteiger partial charge on any atom is 0.319 e. The molecule has 0 bridgehead atoms. The van der Waals surface area contributed by atoms with Crippen molar-refractivity contribution in [1.82, 2.24) is 10.2 Å². The zero-order valence-corrected chi connectivity index (χ0v) is 14.6. The number of rotatable bonds is 6. The standard InChI is InChI=1S/C18H26N4O3/c1-25-17-7-6-15(10-14(17)11-19)21-18(24)20-12-16(23)13-22-8-4-2-3-5-9-22/h6-7,10,16,23H,2-5,8-9,12-13H2,1H3,(H2,20,21,24). The highest BCUT2D eigenvalue weighted by Crippen LogP contribution is 2.21. The third-order valence-electron chi connectivity index (χ3n) is 4.24. The lowest BCUT2D eigenvalue weighted by atomic mass is 10.2. The fourth-order valence-electron chi connectivity index (χ4n) is 2.94. The number of hydrogen-bond acceptors (Lipinski definition) is 5. The van der Waals surface area contributed by atoms with Crippen LogP contribution in [-0.4, -0.2) is 55.4 Å². The Balaban J connectivity index is 1.77. The number of ether oxygens (including phenoxy) is 1. The first-order valence-electron chi connectivity index (χ1n) is 8.66. The van der Waals surface area contributed by atoms with Gasteiger partial charge in [-0.25, -0.2) is 4.79 Å². The number of β-amino-alcohol motifs (C(OH)–C–C–N with tert-alkyl or cyclic N) is 1. The maximum atomic E-state index is 12.0. The van der Waals surface area contributed by atoms with Gasteiger partial charge >= 0.3 is 6.03 Å². The van der Waals surface area contributed by atoms with Gasteiger partial charge in [0.15, 0.2) is 0 Å². The van der Waals surface area contributed by atoms with Crippen LogP contribution in [0.25, 0.3) is 0 Å². The molecule has 0 radical (unpaired) electrons. The van der Waals surface area contributed by atoms with E-state index in [4.69, 9.17) is 10.00 Å². The van der Waals surface area contributed by atoms with E-state index in [9.17, 15) is 9.90 Å². The van der Waals surface area contributed by atoms with Crippen molar-refractivity contribution in [3.63, 3.8) is 0 Å². The topological polar surface area (TPSA) is 97.6 Å². The minimum atomic E-state index is -0.602. The predicted molar refractivity (Wildman–Crippen MR) is 95.6 cm³/mol. The summed E-state index contributed by atoms with van der Waals surface area (Å²) < 4.78 is 5.07. The number of amides is 2. The summed E-state index contributed by atoms with van der Waals surface area (Å²) in [5, 5.41) is 24.5. The first-order valence-corrected chi connectivity index (χ1v) is 8.66. The molecule has 1 atom stereocenters. The van der Waals surface area contributed by atoms with E-state index in [1.807, 2.05) is 6.07 Å². The molecule has 7 heteroatoms. The van der Waals surface area contributed by atoms with Crippen LogP contribution in [0.4, 0.5) is 10.5 Å². The Hall–Kier alpha value is -2.30. The van der Waals surface area contributed by atoms with Crippen LogP contribution in [-0.2, 0) is 0 Å². The van der Waals surface area contributed by atoms with E-state index in [0.29, 0.717) is 23.5 Å². The predicted octanol–water partition coefficient (Wildman–Crippen LogP) is 1.93. The molecule has 1 heterocycles. The van der Waals surface area contributed by atoms with Crippen molar-refractivity contribution >= 4 is 11.7 Å². The SMILES string of the molecule is COc1ccc(NC(=O)NCC(O)CN2CCCCCC2)cc1C#N. The second kappa shape index (κ2) is 9.87. The van der Waals surface area contributed by atoms with Gasteiger partial charge in [0.25, 0.3) is 0 Å². The lowest BCUT2D eigenvalue weighted by Gasteiger charge is -2.23. The number of likely N-dealkylation sites (tertiary alicyclic amines) is 1. The number of aliphatic hydroxyl groups is 1. The number of aliphatic hydroxyl groups excluding tert-OH is 1. The highest BCUT2D eigenvalue weighted by Gasteiger charge is 2.14. The molecular formula is C18H26N4O3. The van der Waals surface area contributed by atoms with E-state index >= 15 is 0 Å². The molecule has 1 unspecified atom stereocenters. The first kappa shape index (κ1) is 19.0. The van der Waals surface area contributed by atoms with Gasteiger partial charge in [0, 0.05) is 18.8 Å². The molecule has 0 saturated carbocycles. The highest BCUT2D eigenvalue weighted by atomic mass is 16.5. The number of nitriles is 1. The lowest BCUT2D eigenvalue weighted by Crippen LogP contribution is -2.41. The summed E-state index contributed by atoms with van der Waals surface area (Å²) >= 11 is 0. The number of anilines is 1. The molecule has 1 saturated heterocycles. The van der Waals surface area contributed by atoms with E-state index < -0.39 is 12.1 Å². The molecule has 0 aromatic heterocycles. The molecule has 1 fully saturated rings. The summed E-state index contributed by atoms with van der Waals surface area (Å²) in [7, 11) is 1.49. The van der Waals surface area contributed by atoms with Crippen LogP contribution in [0, 0.1) is 11.3 Å². The summed E-state index contributed by atoms with van der Waals surface area (Å²) in [5.41, 5.74) is 0.846. The molecule has 3 N–H and O–H groups in total. The van der Waals surface area contributed by atoms with Gasteiger partial charge in [-0.05, 0) is 44.1 Å². The second-order valence-corrected chi connectivity index (χ2v) is 6.23. The van der Waals surface area contributed by atoms with Crippen molar-refractivity contribution in [1.29, 1.82) is 5.26 Å². The number of nitrogens with one attached hydrogen (secondary N) is 2. The van der Waals surface area contributed by atoms with Crippen molar-refractivity contribution < 1.29 is 14.6 Å². The molecule has 1 aliphatic rings. The van der Waals surface area contributed by atoms with Crippen molar-refractivity contribution in [3.05, 3.63) is 23.8 Å². The Bertz CT molecular complexity index is 607. The number of carbonyl (C=O) groups is 1. The summed E-state index contributed by atoms with van der Waals surface area (Å²) in [4.78, 5) is 14.2. The molecule has 2 rings (SSSR count). The van der Waals surface area contributed by atoms with Crippen LogP contribution < -0.4 is 15.4 Å². The second-order valence-electron chi connectivity index (χ2n) is 6.23. The smallest absolute Gasteiger partial charge is 0.319 e. The summed E-state index contributed by atoms with van der Waals surface area (Å²) in [6.07, 6.45) is 4.23. The van der Waals surface area contributed by atoms with E-state index in [2.05, 4.69) is 15.5 Å². The Morgan fingerprint density at radius 2 is 2.08 bits per heavy atom. The fourth-order valence-corrected chi connectivity index (χ4v) is 2.94. The third kappa shape index (κ3) is 6.25. The van der Waals surface area contributed by atoms with Gasteiger partial charge in [0.1, 0.15) is 11.8 Å². The molecule has 7 nitrogen and oxygen atoms in total. The van der Waals surface area contributed by atoms with Crippen LogP contribution in [0.1, 0.15) is 31.2 Å². The van der Waals surface area contributed by atoms with Gasteiger partial charge in [0.2, 0.25) is 0 Å². The highest BCUT2D eigenvalue weighted by molar-refractivity contribution is 5.89. The summed E-state index contributed by atoms with van der Waals surface area (Å²) in [5.74, 6) is 0.460. The fraction of sp³-hybridized carbons (Fsp3) is 0.556. The zero-order valence-electron chi connectivity index (χ0n) is 14.6. The lowest BCUT2D eigenvalue weighted by molar-refractivity contribution is 0.115. The summed E-state index contributed by atoms with van der Waals surface area (Å²) in [6, 6.07) is 6.44. The van der Waals surface area contributed by atoms with Gasteiger partial charge in [-0.3, -0.25) is 0 Å². The molecule has 1 aromatic carbocycles. The monoisotopic (exact) mass is 346 g/mol. The van der Waals surface area contributed by atoms with Crippen LogP contribution in [0.2, 0.25) is 0 Å². The van der Waals surface area contributed by atoms with Gasteiger partial charge in [0.05, 0.1) is 18.8 Å². The van der Waals surface area contributed by atoms with Crippen LogP contribution in [0.5, 0.6) is 5.75 Å². The number of methoxy groups -OCH3 is 1. The normalized spacial score (nSPS) is 16.4. The molecule has 0 aliphatic carbocycles. The molecule has 25 heavy (non-hydrogen) atoms. The van der Waals surface area contributed by atoms with Crippen molar-refractivity contribution in [2.45, 2.75) is 31.8 Å². The molecular weight excluding hydrogens is 320 g/mol. The molecule has 1 aromatic rings. The van der Waals surface area contributed by atoms with Crippen molar-refractivity contribution in [2.24, 2.45) is 0 Å². The van der Waals surface area contributed by atoms with E-state index in [-0.39, 0.29) is 6.54 Å². The van der Waals surface area contributed by atoms with Crippen molar-refractivity contribution in [2.75, 3.05) is 38.6 Å². The van der Waals surface area contributed by atoms with Gasteiger partial charge in [-0.2, -0.15) is 5.26 Å². The van der Waals surface area contributed by atoms with Crippen LogP contribution in [0.3, 0.4) is 0 Å². The number of urea groups is 1. The Morgan fingerprint density at radius 3 is 2.72 bits per heavy atom. The van der Waals surface area contributed by atoms with Gasteiger partial charge in [-0.15, -0.1) is 0 Å². The zero-order chi connectivity index (χ0) is 18.1. The molecule has 136 valence electrons. The quantitative estimate of drug-likeness (QED) is 0.731. The minimum Gasteiger partial charge on any atom is -0.495 e. The van der Waals surface area contributed by atoms with Crippen molar-refractivity contribution in [3.8, 4) is 11.8 Å². The largest absolute Gasteiger partial charge is 0.495 e. The molecule has 0 spiro atoms.